The molecule has 1 rings (SSSR count). The van der Waals surface area contributed by atoms with E-state index in [1.807, 2.05) is 32.0 Å². The zero-order chi connectivity index (χ0) is 15.3. The zero-order valence-electron chi connectivity index (χ0n) is 11.8. The van der Waals surface area contributed by atoms with Crippen LogP contribution in [-0.4, -0.2) is 30.1 Å². The van der Waals surface area contributed by atoms with Crippen molar-refractivity contribution in [1.82, 2.24) is 5.32 Å². The third-order valence-electron chi connectivity index (χ3n) is 2.71. The maximum Gasteiger partial charge on any atom is 0.328 e. The van der Waals surface area contributed by atoms with Gasteiger partial charge in [-0.3, -0.25) is 19.8 Å². The minimum absolute atomic E-state index is 0.220. The molecule has 0 saturated heterocycles. The second kappa shape index (κ2) is 6.70. The molecule has 0 aliphatic rings. The fourth-order valence-electron chi connectivity index (χ4n) is 1.75. The van der Waals surface area contributed by atoms with E-state index in [2.05, 4.69) is 5.32 Å². The van der Waals surface area contributed by atoms with Crippen molar-refractivity contribution in [3.05, 3.63) is 29.3 Å². The highest BCUT2D eigenvalue weighted by Crippen LogP contribution is 2.17. The minimum atomic E-state index is -1.07. The van der Waals surface area contributed by atoms with E-state index in [0.29, 0.717) is 5.69 Å². The number of rotatable bonds is 4. The highest BCUT2D eigenvalue weighted by atomic mass is 16.4. The summed E-state index contributed by atoms with van der Waals surface area (Å²) in [5.74, 6) is -1.68. The Morgan fingerprint density at radius 1 is 1.10 bits per heavy atom. The van der Waals surface area contributed by atoms with Gasteiger partial charge in [0.05, 0.1) is 6.42 Å². The molecular weight excluding hydrogens is 260 g/mol. The summed E-state index contributed by atoms with van der Waals surface area (Å²) in [6, 6.07) is 5.06. The summed E-state index contributed by atoms with van der Waals surface area (Å²) in [5.41, 5.74) is 2.69. The maximum absolute atomic E-state index is 11.9. The predicted molar refractivity (Wildman–Crippen MR) is 74.7 cm³/mol. The Morgan fingerprint density at radius 3 is 2.15 bits per heavy atom. The first kappa shape index (κ1) is 15.7. The molecule has 1 aromatic carbocycles. The molecule has 3 amide bonds. The van der Waals surface area contributed by atoms with Gasteiger partial charge in [-0.05, 0) is 37.1 Å². The van der Waals surface area contributed by atoms with Crippen LogP contribution in [0.2, 0.25) is 0 Å². The lowest BCUT2D eigenvalue weighted by Gasteiger charge is -2.18. The SMILES string of the molecule is Cc1cc(C)cc(N(C)C(=O)NC(=O)CCC(=O)O)c1. The number of benzene rings is 1. The van der Waals surface area contributed by atoms with Gasteiger partial charge >= 0.3 is 12.0 Å². The molecule has 6 heteroatoms. The maximum atomic E-state index is 11.9. The fourth-order valence-corrected chi connectivity index (χ4v) is 1.75. The van der Waals surface area contributed by atoms with Crippen molar-refractivity contribution in [3.63, 3.8) is 0 Å². The second-order valence-corrected chi connectivity index (χ2v) is 4.65. The largest absolute Gasteiger partial charge is 0.481 e. The van der Waals surface area contributed by atoms with E-state index < -0.39 is 17.9 Å². The number of nitrogens with one attached hydrogen (secondary N) is 1. The molecule has 0 bridgehead atoms. The van der Waals surface area contributed by atoms with E-state index in [4.69, 9.17) is 5.11 Å². The lowest BCUT2D eigenvalue weighted by Crippen LogP contribution is -2.41. The molecule has 0 fully saturated rings. The van der Waals surface area contributed by atoms with Crippen LogP contribution in [0.25, 0.3) is 0 Å². The van der Waals surface area contributed by atoms with Gasteiger partial charge in [0.1, 0.15) is 0 Å². The smallest absolute Gasteiger partial charge is 0.328 e. The van der Waals surface area contributed by atoms with E-state index in [9.17, 15) is 14.4 Å². The number of amides is 3. The van der Waals surface area contributed by atoms with Gasteiger partial charge in [0.25, 0.3) is 0 Å². The molecule has 1 aromatic rings. The van der Waals surface area contributed by atoms with Crippen LogP contribution in [0.1, 0.15) is 24.0 Å². The third kappa shape index (κ3) is 4.72. The molecule has 108 valence electrons. The number of nitrogens with zero attached hydrogens (tertiary/aromatic N) is 1. The number of aryl methyl sites for hydroxylation is 2. The molecule has 6 nitrogen and oxygen atoms in total. The van der Waals surface area contributed by atoms with Crippen molar-refractivity contribution in [1.29, 1.82) is 0 Å². The predicted octanol–water partition coefficient (Wildman–Crippen LogP) is 1.84. The van der Waals surface area contributed by atoms with Crippen LogP contribution in [-0.2, 0) is 9.59 Å². The van der Waals surface area contributed by atoms with Crippen LogP contribution < -0.4 is 10.2 Å². The summed E-state index contributed by atoms with van der Waals surface area (Å²) in [7, 11) is 1.55. The van der Waals surface area contributed by atoms with Gasteiger partial charge in [-0.15, -0.1) is 0 Å². The molecular formula is C14H18N2O4. The molecule has 0 radical (unpaired) electrons. The average Bonchev–Trinajstić information content (AvgIpc) is 2.34. The van der Waals surface area contributed by atoms with Crippen molar-refractivity contribution >= 4 is 23.6 Å². The van der Waals surface area contributed by atoms with Gasteiger partial charge in [0.2, 0.25) is 5.91 Å². The first-order valence-corrected chi connectivity index (χ1v) is 6.17. The van der Waals surface area contributed by atoms with E-state index in [-0.39, 0.29) is 12.8 Å². The Morgan fingerprint density at radius 2 is 1.65 bits per heavy atom. The third-order valence-corrected chi connectivity index (χ3v) is 2.71. The number of carboxylic acid groups (broad SMARTS) is 1. The molecule has 0 atom stereocenters. The standard InChI is InChI=1S/C14H18N2O4/c1-9-6-10(2)8-11(7-9)16(3)14(20)15-12(17)4-5-13(18)19/h6-8H,4-5H2,1-3H3,(H,18,19)(H,15,17,20). The number of imide groups is 1. The molecule has 0 unspecified atom stereocenters. The van der Waals surface area contributed by atoms with Crippen LogP contribution >= 0.6 is 0 Å². The minimum Gasteiger partial charge on any atom is -0.481 e. The Balaban J connectivity index is 2.67. The van der Waals surface area contributed by atoms with Gasteiger partial charge in [0.15, 0.2) is 0 Å². The Hall–Kier alpha value is -2.37. The molecule has 0 aromatic heterocycles. The van der Waals surface area contributed by atoms with E-state index in [1.165, 1.54) is 4.90 Å². The quantitative estimate of drug-likeness (QED) is 0.879. The lowest BCUT2D eigenvalue weighted by molar-refractivity contribution is -0.138. The van der Waals surface area contributed by atoms with Crippen LogP contribution in [0.3, 0.4) is 0 Å². The summed E-state index contributed by atoms with van der Waals surface area (Å²) in [4.78, 5) is 34.9. The van der Waals surface area contributed by atoms with Crippen LogP contribution in [0.15, 0.2) is 18.2 Å². The topological polar surface area (TPSA) is 86.7 Å². The molecule has 0 heterocycles. The summed E-state index contributed by atoms with van der Waals surface area (Å²) < 4.78 is 0. The summed E-state index contributed by atoms with van der Waals surface area (Å²) in [6.07, 6.45) is -0.520. The molecule has 0 aliphatic heterocycles. The summed E-state index contributed by atoms with van der Waals surface area (Å²) in [6.45, 7) is 3.83. The first-order chi connectivity index (χ1) is 9.29. The molecule has 0 saturated carbocycles. The Kier molecular flexibility index (Phi) is 5.25. The van der Waals surface area contributed by atoms with E-state index >= 15 is 0 Å². The number of urea groups is 1. The first-order valence-electron chi connectivity index (χ1n) is 6.17. The molecule has 20 heavy (non-hydrogen) atoms. The van der Waals surface area contributed by atoms with E-state index in [1.54, 1.807) is 7.05 Å². The molecule has 2 N–H and O–H groups in total. The number of carboxylic acids is 1. The monoisotopic (exact) mass is 278 g/mol. The molecule has 0 spiro atoms. The number of hydrogen-bond acceptors (Lipinski definition) is 3. The Bertz CT molecular complexity index is 520. The van der Waals surface area contributed by atoms with Crippen molar-refractivity contribution < 1.29 is 19.5 Å². The van der Waals surface area contributed by atoms with Gasteiger partial charge in [-0.1, -0.05) is 6.07 Å². The summed E-state index contributed by atoms with van der Waals surface area (Å²) >= 11 is 0. The Labute approximate surface area is 117 Å². The number of carbonyl (C=O) groups is 3. The van der Waals surface area contributed by atoms with Crippen molar-refractivity contribution in [2.45, 2.75) is 26.7 Å². The lowest BCUT2D eigenvalue weighted by atomic mass is 10.1. The zero-order valence-corrected chi connectivity index (χ0v) is 11.8. The van der Waals surface area contributed by atoms with Gasteiger partial charge < -0.3 is 5.11 Å². The van der Waals surface area contributed by atoms with Crippen molar-refractivity contribution in [3.8, 4) is 0 Å². The second-order valence-electron chi connectivity index (χ2n) is 4.65. The van der Waals surface area contributed by atoms with Gasteiger partial charge in [0, 0.05) is 19.2 Å². The highest BCUT2D eigenvalue weighted by Gasteiger charge is 2.15. The highest BCUT2D eigenvalue weighted by molar-refractivity contribution is 6.02. The number of aliphatic carboxylic acids is 1. The molecule has 0 aliphatic carbocycles. The van der Waals surface area contributed by atoms with Gasteiger partial charge in [-0.25, -0.2) is 4.79 Å². The van der Waals surface area contributed by atoms with Crippen LogP contribution in [0, 0.1) is 13.8 Å². The van der Waals surface area contributed by atoms with Crippen LogP contribution in [0.4, 0.5) is 10.5 Å². The number of hydrogen-bond donors (Lipinski definition) is 2. The normalized spacial score (nSPS) is 9.95. The summed E-state index contributed by atoms with van der Waals surface area (Å²) in [5, 5.41) is 10.6. The number of carbonyl (C=O) groups excluding carboxylic acids is 2. The van der Waals surface area contributed by atoms with E-state index in [0.717, 1.165) is 11.1 Å². The fraction of sp³-hybridized carbons (Fsp3) is 0.357. The number of anilines is 1. The van der Waals surface area contributed by atoms with Crippen molar-refractivity contribution in [2.75, 3.05) is 11.9 Å². The van der Waals surface area contributed by atoms with Crippen LogP contribution in [0.5, 0.6) is 0 Å². The average molecular weight is 278 g/mol. The van der Waals surface area contributed by atoms with Crippen molar-refractivity contribution in [2.24, 2.45) is 0 Å². The van der Waals surface area contributed by atoms with Gasteiger partial charge in [-0.2, -0.15) is 0 Å².